The molecule has 0 spiro atoms. The maximum atomic E-state index is 14.3. The number of benzene rings is 2. The molecular formula is C25H23F2N3O4. The van der Waals surface area contributed by atoms with Gasteiger partial charge in [0.25, 0.3) is 5.91 Å². The number of hydrogen-bond donors (Lipinski definition) is 2. The second-order valence-electron chi connectivity index (χ2n) is 8.34. The standard InChI is InChI=1S/C25H23F2N3O4/c1-33-15-5-6-20-16(9-15)13(11-29-20)7-8-28-25(32)18-12-30(14-3-4-14)22-17(23(18)31)10-19(26)21(27)24(22)34-2/h5-6,9-12,14,29H,3-4,7-8H2,1-2H3,(H,28,32). The van der Waals surface area contributed by atoms with E-state index in [1.165, 1.54) is 13.3 Å². The van der Waals surface area contributed by atoms with Crippen molar-refractivity contribution in [3.05, 3.63) is 69.6 Å². The Bertz CT molecular complexity index is 1490. The van der Waals surface area contributed by atoms with Crippen LogP contribution in [0.1, 0.15) is 34.8 Å². The lowest BCUT2D eigenvalue weighted by Crippen LogP contribution is -2.31. The zero-order valence-electron chi connectivity index (χ0n) is 18.7. The fourth-order valence-corrected chi connectivity index (χ4v) is 4.32. The van der Waals surface area contributed by atoms with Crippen molar-refractivity contribution in [3.8, 4) is 11.5 Å². The average Bonchev–Trinajstić information content (AvgIpc) is 3.61. The SMILES string of the molecule is COc1ccc2[nH]cc(CCNC(=O)c3cn(C4CC4)c4c(OC)c(F)c(F)cc4c3=O)c2c1. The Morgan fingerprint density at radius 1 is 1.18 bits per heavy atom. The first-order valence-corrected chi connectivity index (χ1v) is 11.0. The van der Waals surface area contributed by atoms with Gasteiger partial charge in [-0.25, -0.2) is 4.39 Å². The maximum Gasteiger partial charge on any atom is 0.256 e. The van der Waals surface area contributed by atoms with Gasteiger partial charge in [-0.3, -0.25) is 9.59 Å². The first-order valence-electron chi connectivity index (χ1n) is 11.0. The minimum Gasteiger partial charge on any atom is -0.497 e. The van der Waals surface area contributed by atoms with Crippen LogP contribution in [-0.4, -0.2) is 36.2 Å². The highest BCUT2D eigenvalue weighted by molar-refractivity contribution is 5.98. The van der Waals surface area contributed by atoms with E-state index in [9.17, 15) is 18.4 Å². The van der Waals surface area contributed by atoms with Gasteiger partial charge in [-0.2, -0.15) is 4.39 Å². The van der Waals surface area contributed by atoms with Crippen LogP contribution in [0.4, 0.5) is 8.78 Å². The predicted octanol–water partition coefficient (Wildman–Crippen LogP) is 4.09. The molecule has 34 heavy (non-hydrogen) atoms. The second-order valence-corrected chi connectivity index (χ2v) is 8.34. The number of fused-ring (bicyclic) bond motifs is 2. The Kier molecular flexibility index (Phi) is 5.47. The number of amides is 1. The lowest BCUT2D eigenvalue weighted by molar-refractivity contribution is 0.0952. The van der Waals surface area contributed by atoms with E-state index < -0.39 is 23.0 Å². The monoisotopic (exact) mass is 467 g/mol. The topological polar surface area (TPSA) is 85.3 Å². The van der Waals surface area contributed by atoms with Crippen molar-refractivity contribution in [1.29, 1.82) is 0 Å². The molecule has 0 radical (unpaired) electrons. The summed E-state index contributed by atoms with van der Waals surface area (Å²) in [5, 5.41) is 3.68. The number of hydrogen-bond acceptors (Lipinski definition) is 4. The zero-order chi connectivity index (χ0) is 24.0. The van der Waals surface area contributed by atoms with Crippen LogP contribution in [0.5, 0.6) is 11.5 Å². The number of H-pyrrole nitrogens is 1. The summed E-state index contributed by atoms with van der Waals surface area (Å²) in [4.78, 5) is 29.2. The molecule has 1 amide bonds. The van der Waals surface area contributed by atoms with Crippen molar-refractivity contribution in [3.63, 3.8) is 0 Å². The number of carbonyl (C=O) groups excluding carboxylic acids is 1. The van der Waals surface area contributed by atoms with Crippen LogP contribution in [0.2, 0.25) is 0 Å². The van der Waals surface area contributed by atoms with E-state index in [1.807, 2.05) is 24.4 Å². The molecule has 2 aromatic heterocycles. The molecular weight excluding hydrogens is 444 g/mol. The Labute approximate surface area is 193 Å². The first kappa shape index (κ1) is 21.9. The Balaban J connectivity index is 1.44. The van der Waals surface area contributed by atoms with E-state index in [-0.39, 0.29) is 34.8 Å². The number of nitrogens with one attached hydrogen (secondary N) is 2. The number of aromatic amines is 1. The van der Waals surface area contributed by atoms with Gasteiger partial charge < -0.3 is 24.3 Å². The minimum absolute atomic E-state index is 0.00499. The summed E-state index contributed by atoms with van der Waals surface area (Å²) >= 11 is 0. The molecule has 0 unspecified atom stereocenters. The smallest absolute Gasteiger partial charge is 0.256 e. The number of rotatable bonds is 7. The van der Waals surface area contributed by atoms with E-state index in [0.717, 1.165) is 41.1 Å². The number of pyridine rings is 1. The molecule has 2 N–H and O–H groups in total. The zero-order valence-corrected chi connectivity index (χ0v) is 18.7. The van der Waals surface area contributed by atoms with Crippen LogP contribution in [-0.2, 0) is 6.42 Å². The fourth-order valence-electron chi connectivity index (χ4n) is 4.32. The van der Waals surface area contributed by atoms with Gasteiger partial charge in [0.15, 0.2) is 11.6 Å². The van der Waals surface area contributed by atoms with Gasteiger partial charge in [0.05, 0.1) is 25.1 Å². The molecule has 1 saturated carbocycles. The number of ether oxygens (including phenoxy) is 2. The van der Waals surface area contributed by atoms with Crippen LogP contribution in [0.25, 0.3) is 21.8 Å². The molecule has 0 bridgehead atoms. The van der Waals surface area contributed by atoms with E-state index in [4.69, 9.17) is 9.47 Å². The summed E-state index contributed by atoms with van der Waals surface area (Å²) in [5.74, 6) is -2.52. The second kappa shape index (κ2) is 8.48. The van der Waals surface area contributed by atoms with Crippen LogP contribution < -0.4 is 20.2 Å². The number of methoxy groups -OCH3 is 2. The van der Waals surface area contributed by atoms with Gasteiger partial charge in [-0.05, 0) is 49.1 Å². The molecule has 4 aromatic rings. The van der Waals surface area contributed by atoms with Crippen molar-refractivity contribution < 1.29 is 23.0 Å². The summed E-state index contributed by atoms with van der Waals surface area (Å²) < 4.78 is 40.5. The molecule has 9 heteroatoms. The van der Waals surface area contributed by atoms with Gasteiger partial charge in [-0.15, -0.1) is 0 Å². The third-order valence-electron chi connectivity index (χ3n) is 6.21. The summed E-state index contributed by atoms with van der Waals surface area (Å²) in [7, 11) is 2.82. The summed E-state index contributed by atoms with van der Waals surface area (Å²) in [6, 6.07) is 6.53. The highest BCUT2D eigenvalue weighted by Gasteiger charge is 2.30. The average molecular weight is 467 g/mol. The molecule has 0 aliphatic heterocycles. The normalized spacial score (nSPS) is 13.4. The summed E-state index contributed by atoms with van der Waals surface area (Å²) in [5.41, 5.74) is 1.32. The van der Waals surface area contributed by atoms with Crippen molar-refractivity contribution in [2.75, 3.05) is 20.8 Å². The van der Waals surface area contributed by atoms with E-state index in [2.05, 4.69) is 10.3 Å². The molecule has 0 atom stereocenters. The third-order valence-corrected chi connectivity index (χ3v) is 6.21. The predicted molar refractivity (Wildman–Crippen MR) is 124 cm³/mol. The lowest BCUT2D eigenvalue weighted by Gasteiger charge is -2.16. The van der Waals surface area contributed by atoms with Crippen LogP contribution in [0, 0.1) is 11.6 Å². The molecule has 1 aliphatic rings. The molecule has 176 valence electrons. The molecule has 1 aliphatic carbocycles. The Morgan fingerprint density at radius 3 is 2.68 bits per heavy atom. The van der Waals surface area contributed by atoms with Gasteiger partial charge in [0, 0.05) is 35.9 Å². The number of halogens is 2. The Morgan fingerprint density at radius 2 is 1.97 bits per heavy atom. The van der Waals surface area contributed by atoms with Gasteiger partial charge in [0.1, 0.15) is 11.3 Å². The fraction of sp³-hybridized carbons (Fsp3) is 0.280. The van der Waals surface area contributed by atoms with E-state index >= 15 is 0 Å². The highest BCUT2D eigenvalue weighted by Crippen LogP contribution is 2.40. The van der Waals surface area contributed by atoms with Crippen molar-refractivity contribution in [2.24, 2.45) is 0 Å². The molecule has 0 saturated heterocycles. The molecule has 2 heterocycles. The van der Waals surface area contributed by atoms with E-state index in [0.29, 0.717) is 6.42 Å². The number of nitrogens with zero attached hydrogens (tertiary/aromatic N) is 1. The molecule has 5 rings (SSSR count). The number of carbonyl (C=O) groups is 1. The largest absolute Gasteiger partial charge is 0.497 e. The van der Waals surface area contributed by atoms with Crippen molar-refractivity contribution in [1.82, 2.24) is 14.9 Å². The molecule has 1 fully saturated rings. The number of aromatic nitrogens is 2. The Hall–Kier alpha value is -3.88. The lowest BCUT2D eigenvalue weighted by atomic mass is 10.1. The van der Waals surface area contributed by atoms with Crippen molar-refractivity contribution in [2.45, 2.75) is 25.3 Å². The van der Waals surface area contributed by atoms with Crippen LogP contribution >= 0.6 is 0 Å². The van der Waals surface area contributed by atoms with Gasteiger partial charge >= 0.3 is 0 Å². The quantitative estimate of drug-likeness (QED) is 0.429. The van der Waals surface area contributed by atoms with Crippen LogP contribution in [0.15, 0.2) is 41.5 Å². The van der Waals surface area contributed by atoms with Gasteiger partial charge in [-0.1, -0.05) is 0 Å². The highest BCUT2D eigenvalue weighted by atomic mass is 19.2. The van der Waals surface area contributed by atoms with Crippen LogP contribution in [0.3, 0.4) is 0 Å². The first-order chi connectivity index (χ1) is 16.4. The minimum atomic E-state index is -1.20. The molecule has 7 nitrogen and oxygen atoms in total. The van der Waals surface area contributed by atoms with Crippen molar-refractivity contribution >= 4 is 27.7 Å². The maximum absolute atomic E-state index is 14.3. The molecule has 2 aromatic carbocycles. The van der Waals surface area contributed by atoms with Gasteiger partial charge in [0.2, 0.25) is 11.2 Å². The summed E-state index contributed by atoms with van der Waals surface area (Å²) in [6.07, 6.45) is 5.44. The van der Waals surface area contributed by atoms with E-state index in [1.54, 1.807) is 11.7 Å². The summed E-state index contributed by atoms with van der Waals surface area (Å²) in [6.45, 7) is 0.283. The third kappa shape index (κ3) is 3.67.